The first-order valence-corrected chi connectivity index (χ1v) is 10.4. The Morgan fingerprint density at radius 3 is 2.21 bits per heavy atom. The molecular weight excluding hydrogens is 370 g/mol. The summed E-state index contributed by atoms with van der Waals surface area (Å²) >= 11 is 0. The summed E-state index contributed by atoms with van der Waals surface area (Å²) in [4.78, 5) is 23.1. The van der Waals surface area contributed by atoms with Gasteiger partial charge in [0.1, 0.15) is 5.60 Å². The van der Waals surface area contributed by atoms with E-state index in [9.17, 15) is 4.79 Å². The quantitative estimate of drug-likeness (QED) is 0.712. The van der Waals surface area contributed by atoms with Crippen molar-refractivity contribution in [3.63, 3.8) is 0 Å². The van der Waals surface area contributed by atoms with Crippen LogP contribution in [0.25, 0.3) is 11.0 Å². The second-order valence-corrected chi connectivity index (χ2v) is 8.30. The summed E-state index contributed by atoms with van der Waals surface area (Å²) in [5.74, 6) is 1.39. The van der Waals surface area contributed by atoms with Crippen molar-refractivity contribution in [3.8, 4) is 11.8 Å². The highest BCUT2D eigenvalue weighted by atomic mass is 16.6. The standard InChI is InChI=1S/C22H31N3O4/c1-5-27-19-20(24-18-9-7-6-8-17(18)23-19)28-15-12-16-10-13-25(14-11-16)21(26)29-22(2,3)4/h6-9,16H,5,10-15H2,1-4H3. The highest BCUT2D eigenvalue weighted by Crippen LogP contribution is 2.27. The fourth-order valence-electron chi connectivity index (χ4n) is 3.35. The first-order chi connectivity index (χ1) is 13.9. The summed E-state index contributed by atoms with van der Waals surface area (Å²) in [6, 6.07) is 7.68. The third kappa shape index (κ3) is 5.95. The minimum atomic E-state index is -0.457. The number of fused-ring (bicyclic) bond motifs is 1. The molecule has 0 bridgehead atoms. The molecule has 0 radical (unpaired) electrons. The minimum absolute atomic E-state index is 0.222. The predicted molar refractivity (Wildman–Crippen MR) is 111 cm³/mol. The average molecular weight is 402 g/mol. The molecule has 158 valence electrons. The van der Waals surface area contributed by atoms with E-state index in [1.54, 1.807) is 4.90 Å². The van der Waals surface area contributed by atoms with Gasteiger partial charge in [0, 0.05) is 13.1 Å². The van der Waals surface area contributed by atoms with E-state index in [0.29, 0.717) is 30.9 Å². The van der Waals surface area contributed by atoms with Crippen LogP contribution in [0.1, 0.15) is 47.0 Å². The number of rotatable bonds is 6. The zero-order chi connectivity index (χ0) is 20.9. The van der Waals surface area contributed by atoms with Crippen molar-refractivity contribution in [2.45, 2.75) is 52.6 Å². The first-order valence-electron chi connectivity index (χ1n) is 10.4. The van der Waals surface area contributed by atoms with E-state index in [1.807, 2.05) is 52.0 Å². The van der Waals surface area contributed by atoms with Gasteiger partial charge in [-0.25, -0.2) is 14.8 Å². The molecule has 0 N–H and O–H groups in total. The molecule has 1 aliphatic rings. The monoisotopic (exact) mass is 401 g/mol. The van der Waals surface area contributed by atoms with Crippen molar-refractivity contribution in [2.24, 2.45) is 5.92 Å². The normalized spacial score (nSPS) is 15.4. The average Bonchev–Trinajstić information content (AvgIpc) is 2.67. The van der Waals surface area contributed by atoms with Gasteiger partial charge in [0.15, 0.2) is 0 Å². The Bertz CT molecular complexity index is 826. The smallest absolute Gasteiger partial charge is 0.410 e. The molecule has 2 heterocycles. The van der Waals surface area contributed by atoms with Crippen LogP contribution in [0, 0.1) is 5.92 Å². The number of piperidine rings is 1. The lowest BCUT2D eigenvalue weighted by molar-refractivity contribution is 0.0177. The van der Waals surface area contributed by atoms with E-state index in [1.165, 1.54) is 0 Å². The Morgan fingerprint density at radius 2 is 1.66 bits per heavy atom. The first kappa shape index (κ1) is 21.1. The highest BCUT2D eigenvalue weighted by Gasteiger charge is 2.26. The number of aromatic nitrogens is 2. The zero-order valence-corrected chi connectivity index (χ0v) is 17.8. The Balaban J connectivity index is 1.51. The maximum atomic E-state index is 12.2. The Kier molecular flexibility index (Phi) is 6.77. The summed E-state index contributed by atoms with van der Waals surface area (Å²) in [6.45, 7) is 10.1. The summed E-state index contributed by atoms with van der Waals surface area (Å²) < 4.78 is 17.0. The predicted octanol–water partition coefficient (Wildman–Crippen LogP) is 4.44. The summed E-state index contributed by atoms with van der Waals surface area (Å²) in [5.41, 5.74) is 1.12. The number of hydrogen-bond donors (Lipinski definition) is 0. The van der Waals surface area contributed by atoms with Crippen LogP contribution in [0.15, 0.2) is 24.3 Å². The van der Waals surface area contributed by atoms with Gasteiger partial charge in [0.2, 0.25) is 0 Å². The minimum Gasteiger partial charge on any atom is -0.474 e. The Hall–Kier alpha value is -2.57. The summed E-state index contributed by atoms with van der Waals surface area (Å²) in [7, 11) is 0. The number of benzene rings is 1. The molecule has 29 heavy (non-hydrogen) atoms. The molecule has 2 aromatic rings. The van der Waals surface area contributed by atoms with Crippen LogP contribution in [0.5, 0.6) is 11.8 Å². The highest BCUT2D eigenvalue weighted by molar-refractivity contribution is 5.75. The number of likely N-dealkylation sites (tertiary alicyclic amines) is 1. The van der Waals surface area contributed by atoms with E-state index >= 15 is 0 Å². The third-order valence-corrected chi connectivity index (χ3v) is 4.82. The van der Waals surface area contributed by atoms with Crippen molar-refractivity contribution in [1.82, 2.24) is 14.9 Å². The van der Waals surface area contributed by atoms with Crippen LogP contribution in [-0.2, 0) is 4.74 Å². The van der Waals surface area contributed by atoms with Crippen LogP contribution in [-0.4, -0.2) is 52.9 Å². The fourth-order valence-corrected chi connectivity index (χ4v) is 3.35. The fraction of sp³-hybridized carbons (Fsp3) is 0.591. The largest absolute Gasteiger partial charge is 0.474 e. The van der Waals surface area contributed by atoms with Gasteiger partial charge >= 0.3 is 6.09 Å². The summed E-state index contributed by atoms with van der Waals surface area (Å²) in [5, 5.41) is 0. The summed E-state index contributed by atoms with van der Waals surface area (Å²) in [6.07, 6.45) is 2.58. The van der Waals surface area contributed by atoms with Crippen molar-refractivity contribution < 1.29 is 19.0 Å². The molecule has 1 aliphatic heterocycles. The second kappa shape index (κ2) is 9.29. The van der Waals surface area contributed by atoms with Crippen LogP contribution >= 0.6 is 0 Å². The number of para-hydroxylation sites is 2. The maximum Gasteiger partial charge on any atom is 0.410 e. The zero-order valence-electron chi connectivity index (χ0n) is 17.8. The lowest BCUT2D eigenvalue weighted by Crippen LogP contribution is -2.41. The third-order valence-electron chi connectivity index (χ3n) is 4.82. The van der Waals surface area contributed by atoms with E-state index in [0.717, 1.165) is 43.4 Å². The van der Waals surface area contributed by atoms with Crippen molar-refractivity contribution in [3.05, 3.63) is 24.3 Å². The molecule has 7 nitrogen and oxygen atoms in total. The number of nitrogens with zero attached hydrogens (tertiary/aromatic N) is 3. The Labute approximate surface area is 172 Å². The lowest BCUT2D eigenvalue weighted by Gasteiger charge is -2.33. The molecule has 0 unspecified atom stereocenters. The molecule has 1 fully saturated rings. The van der Waals surface area contributed by atoms with Gasteiger partial charge in [-0.3, -0.25) is 0 Å². The van der Waals surface area contributed by atoms with Gasteiger partial charge < -0.3 is 19.1 Å². The van der Waals surface area contributed by atoms with E-state index in [4.69, 9.17) is 14.2 Å². The molecule has 1 aromatic heterocycles. The molecule has 0 aliphatic carbocycles. The van der Waals surface area contributed by atoms with E-state index < -0.39 is 5.60 Å². The number of carbonyl (C=O) groups excluding carboxylic acids is 1. The lowest BCUT2D eigenvalue weighted by atomic mass is 9.94. The topological polar surface area (TPSA) is 73.8 Å². The van der Waals surface area contributed by atoms with Crippen molar-refractivity contribution >= 4 is 17.1 Å². The van der Waals surface area contributed by atoms with Gasteiger partial charge in [0.25, 0.3) is 11.8 Å². The molecule has 1 saturated heterocycles. The number of ether oxygens (including phenoxy) is 3. The van der Waals surface area contributed by atoms with E-state index in [-0.39, 0.29) is 6.09 Å². The van der Waals surface area contributed by atoms with Gasteiger partial charge in [-0.15, -0.1) is 0 Å². The van der Waals surface area contributed by atoms with E-state index in [2.05, 4.69) is 9.97 Å². The Morgan fingerprint density at radius 1 is 1.07 bits per heavy atom. The van der Waals surface area contributed by atoms with Crippen molar-refractivity contribution in [1.29, 1.82) is 0 Å². The second-order valence-electron chi connectivity index (χ2n) is 8.30. The number of amides is 1. The number of carbonyl (C=O) groups is 1. The molecule has 7 heteroatoms. The molecule has 0 atom stereocenters. The maximum absolute atomic E-state index is 12.2. The SMILES string of the molecule is CCOc1nc2ccccc2nc1OCCC1CCN(C(=O)OC(C)(C)C)CC1. The molecule has 1 amide bonds. The van der Waals surface area contributed by atoms with Gasteiger partial charge in [-0.2, -0.15) is 0 Å². The van der Waals surface area contributed by atoms with Gasteiger partial charge in [0.05, 0.1) is 24.2 Å². The van der Waals surface area contributed by atoms with Crippen LogP contribution < -0.4 is 9.47 Å². The molecule has 1 aromatic carbocycles. The molecule has 0 saturated carbocycles. The molecule has 3 rings (SSSR count). The van der Waals surface area contributed by atoms with Crippen LogP contribution in [0.3, 0.4) is 0 Å². The van der Waals surface area contributed by atoms with Crippen LogP contribution in [0.2, 0.25) is 0 Å². The van der Waals surface area contributed by atoms with Crippen LogP contribution in [0.4, 0.5) is 4.79 Å². The molecular formula is C22H31N3O4. The van der Waals surface area contributed by atoms with Gasteiger partial charge in [-0.05, 0) is 65.0 Å². The number of hydrogen-bond acceptors (Lipinski definition) is 6. The van der Waals surface area contributed by atoms with Gasteiger partial charge in [-0.1, -0.05) is 12.1 Å². The van der Waals surface area contributed by atoms with Crippen molar-refractivity contribution in [2.75, 3.05) is 26.3 Å². The molecule has 0 spiro atoms.